The third-order valence-electron chi connectivity index (χ3n) is 7.61. The zero-order valence-corrected chi connectivity index (χ0v) is 23.2. The minimum atomic E-state index is -4.04. The molecule has 1 aromatic carbocycles. The van der Waals surface area contributed by atoms with Gasteiger partial charge in [-0.2, -0.15) is 4.31 Å². The van der Waals surface area contributed by atoms with Gasteiger partial charge in [0.15, 0.2) is 10.7 Å². The van der Waals surface area contributed by atoms with E-state index in [1.54, 1.807) is 0 Å². The number of nitrogens with zero attached hydrogens (tertiary/aromatic N) is 2. The van der Waals surface area contributed by atoms with Crippen molar-refractivity contribution in [3.05, 3.63) is 34.4 Å². The van der Waals surface area contributed by atoms with Gasteiger partial charge in [-0.05, 0) is 38.7 Å². The monoisotopic (exact) mass is 524 g/mol. The van der Waals surface area contributed by atoms with Crippen LogP contribution in [0.15, 0.2) is 29.2 Å². The highest BCUT2D eigenvalue weighted by Gasteiger charge is 2.65. The van der Waals surface area contributed by atoms with Crippen LogP contribution in [0.2, 0.25) is 0 Å². The normalized spacial score (nSPS) is 26.1. The maximum absolute atomic E-state index is 13.5. The molecule has 2 aliphatic heterocycles. The highest BCUT2D eigenvalue weighted by molar-refractivity contribution is 7.89. The summed E-state index contributed by atoms with van der Waals surface area (Å²) in [4.78, 5) is 10.6. The van der Waals surface area contributed by atoms with Crippen LogP contribution in [0, 0.1) is 16.0 Å². The summed E-state index contributed by atoms with van der Waals surface area (Å²) in [6, 6.07) is 5.17. The van der Waals surface area contributed by atoms with Gasteiger partial charge in [-0.3, -0.25) is 10.1 Å². The number of rotatable bonds is 16. The first-order valence-corrected chi connectivity index (χ1v) is 15.1. The van der Waals surface area contributed by atoms with Crippen molar-refractivity contribution >= 4 is 15.7 Å². The number of sulfonamides is 1. The second kappa shape index (κ2) is 12.3. The SMILES string of the molecule is CCCCCCCCC[C@@H](CCCC)[C@]1([C@@H]2CN2S(=O)(=O)c2ccccc2[N+](=O)[O-])COC(C)(C)O1. The molecule has 8 nitrogen and oxygen atoms in total. The van der Waals surface area contributed by atoms with Crippen LogP contribution >= 0.6 is 0 Å². The molecule has 9 heteroatoms. The molecular weight excluding hydrogens is 480 g/mol. The van der Waals surface area contributed by atoms with Crippen molar-refractivity contribution in [2.24, 2.45) is 5.92 Å². The molecule has 0 N–H and O–H groups in total. The van der Waals surface area contributed by atoms with Crippen LogP contribution in [0.25, 0.3) is 0 Å². The van der Waals surface area contributed by atoms with Crippen molar-refractivity contribution in [3.8, 4) is 0 Å². The van der Waals surface area contributed by atoms with Crippen molar-refractivity contribution in [2.45, 2.75) is 121 Å². The Morgan fingerprint density at radius 2 is 1.64 bits per heavy atom. The number of unbranched alkanes of at least 4 members (excludes halogenated alkanes) is 7. The van der Waals surface area contributed by atoms with Crippen molar-refractivity contribution in [2.75, 3.05) is 13.2 Å². The molecule has 36 heavy (non-hydrogen) atoms. The fraction of sp³-hybridized carbons (Fsp3) is 0.778. The summed E-state index contributed by atoms with van der Waals surface area (Å²) in [7, 11) is -4.04. The number of hydrogen-bond acceptors (Lipinski definition) is 6. The molecule has 2 fully saturated rings. The predicted molar refractivity (Wildman–Crippen MR) is 140 cm³/mol. The molecule has 3 rings (SSSR count). The Labute approximate surface area is 216 Å². The van der Waals surface area contributed by atoms with E-state index < -0.39 is 38.1 Å². The lowest BCUT2D eigenvalue weighted by atomic mass is 9.78. The molecule has 204 valence electrons. The fourth-order valence-corrected chi connectivity index (χ4v) is 7.37. The van der Waals surface area contributed by atoms with Crippen LogP contribution < -0.4 is 0 Å². The molecule has 4 atom stereocenters. The number of para-hydroxylation sites is 1. The van der Waals surface area contributed by atoms with E-state index in [0.29, 0.717) is 6.61 Å². The Morgan fingerprint density at radius 1 is 1.03 bits per heavy atom. The first-order chi connectivity index (χ1) is 17.1. The highest BCUT2D eigenvalue weighted by Crippen LogP contribution is 2.50. The van der Waals surface area contributed by atoms with Crippen molar-refractivity contribution in [3.63, 3.8) is 0 Å². The number of ether oxygens (including phenoxy) is 2. The third kappa shape index (κ3) is 6.65. The molecule has 1 aromatic rings. The van der Waals surface area contributed by atoms with Gasteiger partial charge in [-0.1, -0.05) is 83.8 Å². The maximum atomic E-state index is 13.5. The van der Waals surface area contributed by atoms with Gasteiger partial charge in [0, 0.05) is 12.6 Å². The smallest absolute Gasteiger partial charge is 0.289 e. The summed E-state index contributed by atoms with van der Waals surface area (Å²) in [5.74, 6) is -0.646. The molecule has 2 aliphatic rings. The molecule has 2 heterocycles. The van der Waals surface area contributed by atoms with Crippen LogP contribution in [0.1, 0.15) is 98.3 Å². The second-order valence-corrected chi connectivity index (χ2v) is 12.7. The molecule has 0 saturated carbocycles. The summed E-state index contributed by atoms with van der Waals surface area (Å²) < 4.78 is 41.1. The average Bonchev–Trinajstić information content (AvgIpc) is 3.59. The number of benzene rings is 1. The Kier molecular flexibility index (Phi) is 9.94. The fourth-order valence-electron chi connectivity index (χ4n) is 5.61. The van der Waals surface area contributed by atoms with Crippen molar-refractivity contribution < 1.29 is 22.8 Å². The Hall–Kier alpha value is -1.55. The van der Waals surface area contributed by atoms with E-state index in [0.717, 1.165) is 38.5 Å². The molecule has 1 unspecified atom stereocenters. The Bertz CT molecular complexity index is 982. The van der Waals surface area contributed by atoms with Crippen LogP contribution in [0.3, 0.4) is 0 Å². The number of hydrogen-bond donors (Lipinski definition) is 0. The lowest BCUT2D eigenvalue weighted by Crippen LogP contribution is -2.49. The van der Waals surface area contributed by atoms with E-state index in [-0.39, 0.29) is 17.4 Å². The van der Waals surface area contributed by atoms with Gasteiger partial charge in [0.05, 0.1) is 17.6 Å². The quantitative estimate of drug-likeness (QED) is 0.107. The molecular formula is C27H44N2O6S. The van der Waals surface area contributed by atoms with Gasteiger partial charge < -0.3 is 9.47 Å². The zero-order valence-electron chi connectivity index (χ0n) is 22.4. The molecule has 0 amide bonds. The summed E-state index contributed by atoms with van der Waals surface area (Å²) in [5, 5.41) is 11.5. The van der Waals surface area contributed by atoms with Gasteiger partial charge in [-0.25, -0.2) is 8.42 Å². The molecule has 0 spiro atoms. The molecule has 0 aliphatic carbocycles. The van der Waals surface area contributed by atoms with E-state index in [2.05, 4.69) is 13.8 Å². The van der Waals surface area contributed by atoms with Gasteiger partial charge in [0.2, 0.25) is 10.0 Å². The summed E-state index contributed by atoms with van der Waals surface area (Å²) >= 11 is 0. The minimum Gasteiger partial charge on any atom is -0.347 e. The van der Waals surface area contributed by atoms with E-state index in [1.807, 2.05) is 13.8 Å². The van der Waals surface area contributed by atoms with Gasteiger partial charge in [0.1, 0.15) is 5.60 Å². The lowest BCUT2D eigenvalue weighted by molar-refractivity contribution is -0.387. The highest BCUT2D eigenvalue weighted by atomic mass is 32.2. The van der Waals surface area contributed by atoms with Crippen molar-refractivity contribution in [1.29, 1.82) is 0 Å². The average molecular weight is 525 g/mol. The van der Waals surface area contributed by atoms with E-state index in [1.165, 1.54) is 60.7 Å². The first kappa shape index (κ1) is 29.0. The molecule has 0 radical (unpaired) electrons. The first-order valence-electron chi connectivity index (χ1n) is 13.7. The van der Waals surface area contributed by atoms with Crippen molar-refractivity contribution in [1.82, 2.24) is 4.31 Å². The topological polar surface area (TPSA) is 98.8 Å². The van der Waals surface area contributed by atoms with Gasteiger partial charge in [-0.15, -0.1) is 0 Å². The number of nitro groups is 1. The third-order valence-corrected chi connectivity index (χ3v) is 9.54. The number of nitro benzene ring substituents is 1. The second-order valence-electron chi connectivity index (χ2n) is 10.8. The standard InChI is InChI=1S/C27H44N2O6S/c1-5-7-9-10-11-12-13-17-22(16-8-6-2)27(21-34-26(3,4)35-27)25-20-28(25)36(32,33)24-19-15-14-18-23(24)29(30)31/h14-15,18-19,22,25H,5-13,16-17,20-21H2,1-4H3/t22-,25+,27+,28?/m1/s1. The zero-order chi connectivity index (χ0) is 26.4. The summed E-state index contributed by atoms with van der Waals surface area (Å²) in [6.45, 7) is 8.76. The largest absolute Gasteiger partial charge is 0.347 e. The molecule has 2 saturated heterocycles. The molecule has 0 aromatic heterocycles. The van der Waals surface area contributed by atoms with Crippen LogP contribution in [0.4, 0.5) is 5.69 Å². The predicted octanol–water partition coefficient (Wildman–Crippen LogP) is 6.44. The maximum Gasteiger partial charge on any atom is 0.289 e. The van der Waals surface area contributed by atoms with Gasteiger partial charge >= 0.3 is 0 Å². The van der Waals surface area contributed by atoms with E-state index in [9.17, 15) is 18.5 Å². The van der Waals surface area contributed by atoms with E-state index in [4.69, 9.17) is 9.47 Å². The van der Waals surface area contributed by atoms with E-state index >= 15 is 0 Å². The Balaban J connectivity index is 1.81. The Morgan fingerprint density at radius 3 is 2.25 bits per heavy atom. The van der Waals surface area contributed by atoms with Gasteiger partial charge in [0.25, 0.3) is 5.69 Å². The summed E-state index contributed by atoms with van der Waals surface area (Å²) in [5.41, 5.74) is -1.15. The van der Waals surface area contributed by atoms with Crippen LogP contribution in [-0.2, 0) is 19.5 Å². The van der Waals surface area contributed by atoms with Crippen LogP contribution in [-0.4, -0.2) is 48.2 Å². The minimum absolute atomic E-state index is 0.158. The lowest BCUT2D eigenvalue weighted by Gasteiger charge is -2.37. The summed E-state index contributed by atoms with van der Waals surface area (Å²) in [6.07, 6.45) is 12.5. The van der Waals surface area contributed by atoms with Crippen LogP contribution in [0.5, 0.6) is 0 Å². The molecule has 0 bridgehead atoms.